The number of ether oxygens (including phenoxy) is 1. The average molecular weight is 269 g/mol. The molecule has 0 heterocycles. The minimum Gasteiger partial charge on any atom is -0.493 e. The molecule has 0 radical (unpaired) electrons. The molecular formula is C14H20FNO3. The smallest absolute Gasteiger partial charge is 0.223 e. The Hall–Kier alpha value is -1.62. The zero-order valence-corrected chi connectivity index (χ0v) is 11.1. The van der Waals surface area contributed by atoms with Crippen LogP contribution in [0.3, 0.4) is 0 Å². The fraction of sp³-hybridized carbons (Fsp3) is 0.500. The standard InChI is InChI=1S/C14H20FNO3/c1-11(4-3-8-17)16-14(18)7-9-19-13-6-2-5-12(15)10-13/h2,5-6,10-11,17H,3-4,7-9H2,1H3,(H,16,18). The highest BCUT2D eigenvalue weighted by molar-refractivity contribution is 5.76. The van der Waals surface area contributed by atoms with Gasteiger partial charge < -0.3 is 15.2 Å². The van der Waals surface area contributed by atoms with E-state index in [1.165, 1.54) is 12.1 Å². The van der Waals surface area contributed by atoms with Gasteiger partial charge in [-0.15, -0.1) is 0 Å². The van der Waals surface area contributed by atoms with E-state index in [0.717, 1.165) is 6.42 Å². The van der Waals surface area contributed by atoms with Crippen LogP contribution in [0.25, 0.3) is 0 Å². The summed E-state index contributed by atoms with van der Waals surface area (Å²) in [5.41, 5.74) is 0. The minimum absolute atomic E-state index is 0.0359. The van der Waals surface area contributed by atoms with Gasteiger partial charge in [0.1, 0.15) is 11.6 Å². The van der Waals surface area contributed by atoms with E-state index in [9.17, 15) is 9.18 Å². The summed E-state index contributed by atoms with van der Waals surface area (Å²) >= 11 is 0. The average Bonchev–Trinajstić information content (AvgIpc) is 2.36. The van der Waals surface area contributed by atoms with E-state index < -0.39 is 0 Å². The number of rotatable bonds is 8. The highest BCUT2D eigenvalue weighted by Crippen LogP contribution is 2.11. The van der Waals surface area contributed by atoms with Crippen molar-refractivity contribution in [2.24, 2.45) is 0 Å². The molecule has 0 aromatic heterocycles. The van der Waals surface area contributed by atoms with Crippen molar-refractivity contribution in [3.05, 3.63) is 30.1 Å². The molecule has 106 valence electrons. The number of hydrogen-bond donors (Lipinski definition) is 2. The van der Waals surface area contributed by atoms with Gasteiger partial charge in [-0.2, -0.15) is 0 Å². The van der Waals surface area contributed by atoms with Gasteiger partial charge in [-0.1, -0.05) is 6.07 Å². The molecule has 0 saturated heterocycles. The van der Waals surface area contributed by atoms with Crippen LogP contribution in [0.2, 0.25) is 0 Å². The molecule has 1 rings (SSSR count). The second-order valence-corrected chi connectivity index (χ2v) is 4.39. The summed E-state index contributed by atoms with van der Waals surface area (Å²) in [5.74, 6) is -0.0532. The van der Waals surface area contributed by atoms with Gasteiger partial charge in [0.2, 0.25) is 5.91 Å². The molecule has 2 N–H and O–H groups in total. The van der Waals surface area contributed by atoms with Crippen molar-refractivity contribution >= 4 is 5.91 Å². The van der Waals surface area contributed by atoms with Crippen LogP contribution >= 0.6 is 0 Å². The molecule has 5 heteroatoms. The molecule has 0 spiro atoms. The maximum Gasteiger partial charge on any atom is 0.223 e. The van der Waals surface area contributed by atoms with E-state index in [4.69, 9.17) is 9.84 Å². The van der Waals surface area contributed by atoms with Crippen LogP contribution in [0.15, 0.2) is 24.3 Å². The molecular weight excluding hydrogens is 249 g/mol. The lowest BCUT2D eigenvalue weighted by Gasteiger charge is -2.13. The molecule has 19 heavy (non-hydrogen) atoms. The lowest BCUT2D eigenvalue weighted by molar-refractivity contribution is -0.122. The Morgan fingerprint density at radius 1 is 1.53 bits per heavy atom. The second kappa shape index (κ2) is 8.48. The molecule has 0 aliphatic rings. The third-order valence-corrected chi connectivity index (χ3v) is 2.60. The predicted molar refractivity (Wildman–Crippen MR) is 70.4 cm³/mol. The minimum atomic E-state index is -0.362. The van der Waals surface area contributed by atoms with E-state index in [1.807, 2.05) is 6.92 Å². The number of aliphatic hydroxyl groups is 1. The van der Waals surface area contributed by atoms with Crippen molar-refractivity contribution in [2.75, 3.05) is 13.2 Å². The number of halogens is 1. The molecule has 4 nitrogen and oxygen atoms in total. The highest BCUT2D eigenvalue weighted by atomic mass is 19.1. The first-order valence-corrected chi connectivity index (χ1v) is 6.40. The van der Waals surface area contributed by atoms with Crippen molar-refractivity contribution in [2.45, 2.75) is 32.2 Å². The zero-order valence-electron chi connectivity index (χ0n) is 11.1. The molecule has 0 saturated carbocycles. The SMILES string of the molecule is CC(CCCO)NC(=O)CCOc1cccc(F)c1. The van der Waals surface area contributed by atoms with Crippen molar-refractivity contribution in [1.29, 1.82) is 0 Å². The Morgan fingerprint density at radius 2 is 2.32 bits per heavy atom. The maximum atomic E-state index is 12.9. The molecule has 1 atom stereocenters. The topological polar surface area (TPSA) is 58.6 Å². The van der Waals surface area contributed by atoms with Gasteiger partial charge in [-0.3, -0.25) is 4.79 Å². The van der Waals surface area contributed by atoms with Gasteiger partial charge in [0.05, 0.1) is 13.0 Å². The summed E-state index contributed by atoms with van der Waals surface area (Å²) in [6.07, 6.45) is 1.63. The molecule has 1 amide bonds. The van der Waals surface area contributed by atoms with E-state index in [-0.39, 0.29) is 37.4 Å². The van der Waals surface area contributed by atoms with Crippen molar-refractivity contribution in [1.82, 2.24) is 5.32 Å². The van der Waals surface area contributed by atoms with Crippen molar-refractivity contribution < 1.29 is 19.0 Å². The van der Waals surface area contributed by atoms with Crippen LogP contribution in [0.4, 0.5) is 4.39 Å². The third-order valence-electron chi connectivity index (χ3n) is 2.60. The van der Waals surface area contributed by atoms with Crippen LogP contribution in [-0.4, -0.2) is 30.3 Å². The van der Waals surface area contributed by atoms with E-state index in [1.54, 1.807) is 12.1 Å². The summed E-state index contributed by atoms with van der Waals surface area (Å²) in [6.45, 7) is 2.23. The van der Waals surface area contributed by atoms with Gasteiger partial charge in [-0.05, 0) is 31.9 Å². The molecule has 0 aliphatic carbocycles. The Kier molecular flexibility index (Phi) is 6.89. The fourth-order valence-corrected chi connectivity index (χ4v) is 1.63. The van der Waals surface area contributed by atoms with Crippen molar-refractivity contribution in [3.8, 4) is 5.75 Å². The van der Waals surface area contributed by atoms with Crippen LogP contribution in [0.5, 0.6) is 5.75 Å². The van der Waals surface area contributed by atoms with Gasteiger partial charge in [0.25, 0.3) is 0 Å². The van der Waals surface area contributed by atoms with Gasteiger partial charge in [-0.25, -0.2) is 4.39 Å². The summed E-state index contributed by atoms with van der Waals surface area (Å²) in [6, 6.07) is 5.85. The van der Waals surface area contributed by atoms with Gasteiger partial charge >= 0.3 is 0 Å². The first-order chi connectivity index (χ1) is 9.11. The second-order valence-electron chi connectivity index (χ2n) is 4.39. The molecule has 0 fully saturated rings. The Bertz CT molecular complexity index is 398. The fourth-order valence-electron chi connectivity index (χ4n) is 1.63. The quantitative estimate of drug-likeness (QED) is 0.757. The predicted octanol–water partition coefficient (Wildman–Crippen LogP) is 1.87. The Balaban J connectivity index is 2.20. The third kappa shape index (κ3) is 6.76. The van der Waals surface area contributed by atoms with Crippen LogP contribution in [0, 0.1) is 5.82 Å². The number of carbonyl (C=O) groups is 1. The molecule has 1 aromatic rings. The molecule has 0 bridgehead atoms. The van der Waals surface area contributed by atoms with Crippen molar-refractivity contribution in [3.63, 3.8) is 0 Å². The number of nitrogens with one attached hydrogen (secondary N) is 1. The van der Waals surface area contributed by atoms with Gasteiger partial charge in [0, 0.05) is 18.7 Å². The molecule has 1 unspecified atom stereocenters. The first kappa shape index (κ1) is 15.4. The summed E-state index contributed by atoms with van der Waals surface area (Å²) < 4.78 is 18.1. The summed E-state index contributed by atoms with van der Waals surface area (Å²) in [5, 5.41) is 11.5. The van der Waals surface area contributed by atoms with Crippen LogP contribution < -0.4 is 10.1 Å². The Morgan fingerprint density at radius 3 is 3.00 bits per heavy atom. The molecule has 1 aromatic carbocycles. The van der Waals surface area contributed by atoms with Crippen LogP contribution in [0.1, 0.15) is 26.2 Å². The molecule has 0 aliphatic heterocycles. The largest absolute Gasteiger partial charge is 0.493 e. The summed E-state index contributed by atoms with van der Waals surface area (Å²) in [4.78, 5) is 11.5. The summed E-state index contributed by atoms with van der Waals surface area (Å²) in [7, 11) is 0. The normalized spacial score (nSPS) is 11.9. The monoisotopic (exact) mass is 269 g/mol. The maximum absolute atomic E-state index is 12.9. The lowest BCUT2D eigenvalue weighted by atomic mass is 10.2. The number of aliphatic hydroxyl groups excluding tert-OH is 1. The van der Waals surface area contributed by atoms with E-state index >= 15 is 0 Å². The zero-order chi connectivity index (χ0) is 14.1. The number of benzene rings is 1. The van der Waals surface area contributed by atoms with E-state index in [2.05, 4.69) is 5.32 Å². The van der Waals surface area contributed by atoms with Gasteiger partial charge in [0.15, 0.2) is 0 Å². The highest BCUT2D eigenvalue weighted by Gasteiger charge is 2.07. The lowest BCUT2D eigenvalue weighted by Crippen LogP contribution is -2.33. The van der Waals surface area contributed by atoms with E-state index in [0.29, 0.717) is 12.2 Å². The first-order valence-electron chi connectivity index (χ1n) is 6.40. The number of amides is 1. The number of hydrogen-bond acceptors (Lipinski definition) is 3. The Labute approximate surface area is 112 Å². The van der Waals surface area contributed by atoms with Crippen LogP contribution in [-0.2, 0) is 4.79 Å². The number of carbonyl (C=O) groups excluding carboxylic acids is 1.